The zero-order chi connectivity index (χ0) is 17.7. The van der Waals surface area contributed by atoms with E-state index in [1.165, 1.54) is 10.6 Å². The van der Waals surface area contributed by atoms with Crippen molar-refractivity contribution in [3.8, 4) is 5.75 Å². The molecule has 0 bridgehead atoms. The zero-order valence-electron chi connectivity index (χ0n) is 14.4. The van der Waals surface area contributed by atoms with E-state index in [1.807, 2.05) is 13.8 Å². The molecular weight excluding hydrogens is 330 g/mol. The molecule has 0 atom stereocenters. The summed E-state index contributed by atoms with van der Waals surface area (Å²) in [7, 11) is -0.541. The van der Waals surface area contributed by atoms with Crippen LogP contribution in [0.15, 0.2) is 40.0 Å². The molecule has 0 aliphatic rings. The van der Waals surface area contributed by atoms with Gasteiger partial charge in [0.1, 0.15) is 5.75 Å². The SMILES string of the molecule is COCCN(Cc1ccoc1)S(=O)(=O)c1cc(C)c(OC)c(C)c1. The second kappa shape index (κ2) is 7.83. The van der Waals surface area contributed by atoms with Crippen LogP contribution in [0.1, 0.15) is 16.7 Å². The summed E-state index contributed by atoms with van der Waals surface area (Å²) in [5, 5.41) is 0. The van der Waals surface area contributed by atoms with Crippen molar-refractivity contribution in [2.75, 3.05) is 27.4 Å². The summed E-state index contributed by atoms with van der Waals surface area (Å²) in [6.07, 6.45) is 3.07. The number of aryl methyl sites for hydroxylation is 2. The van der Waals surface area contributed by atoms with E-state index in [0.29, 0.717) is 12.4 Å². The molecule has 0 fully saturated rings. The molecule has 0 spiro atoms. The predicted molar refractivity (Wildman–Crippen MR) is 90.6 cm³/mol. The molecule has 0 aliphatic carbocycles. The summed E-state index contributed by atoms with van der Waals surface area (Å²) in [4.78, 5) is 0.248. The van der Waals surface area contributed by atoms with Crippen LogP contribution in [-0.4, -0.2) is 40.1 Å². The Morgan fingerprint density at radius 3 is 2.33 bits per heavy atom. The normalized spacial score (nSPS) is 11.9. The minimum atomic E-state index is -3.66. The molecule has 132 valence electrons. The third kappa shape index (κ3) is 3.98. The zero-order valence-corrected chi connectivity index (χ0v) is 15.2. The summed E-state index contributed by atoms with van der Waals surface area (Å²) in [5.41, 5.74) is 2.36. The molecule has 24 heavy (non-hydrogen) atoms. The minimum Gasteiger partial charge on any atom is -0.496 e. The molecule has 2 aromatic rings. The van der Waals surface area contributed by atoms with Gasteiger partial charge in [-0.05, 0) is 43.2 Å². The first-order valence-corrected chi connectivity index (χ1v) is 8.99. The number of benzene rings is 1. The Balaban J connectivity index is 2.39. The molecule has 0 amide bonds. The lowest BCUT2D eigenvalue weighted by Gasteiger charge is -2.22. The topological polar surface area (TPSA) is 69.0 Å². The van der Waals surface area contributed by atoms with Gasteiger partial charge in [-0.3, -0.25) is 0 Å². The largest absolute Gasteiger partial charge is 0.496 e. The summed E-state index contributed by atoms with van der Waals surface area (Å²) in [6, 6.07) is 5.02. The molecule has 1 heterocycles. The quantitative estimate of drug-likeness (QED) is 0.730. The van der Waals surface area contributed by atoms with Gasteiger partial charge in [0, 0.05) is 25.8 Å². The number of nitrogens with zero attached hydrogens (tertiary/aromatic N) is 1. The van der Waals surface area contributed by atoms with Crippen LogP contribution in [0.2, 0.25) is 0 Å². The van der Waals surface area contributed by atoms with Crippen LogP contribution in [0, 0.1) is 13.8 Å². The maximum atomic E-state index is 13.1. The van der Waals surface area contributed by atoms with Crippen LogP contribution in [0.4, 0.5) is 0 Å². The van der Waals surface area contributed by atoms with Crippen molar-refractivity contribution in [2.24, 2.45) is 0 Å². The van der Waals surface area contributed by atoms with Gasteiger partial charge in [-0.2, -0.15) is 4.31 Å². The van der Waals surface area contributed by atoms with Gasteiger partial charge in [-0.1, -0.05) is 0 Å². The van der Waals surface area contributed by atoms with Crippen molar-refractivity contribution in [3.63, 3.8) is 0 Å². The summed E-state index contributed by atoms with van der Waals surface area (Å²) in [6.45, 7) is 4.46. The van der Waals surface area contributed by atoms with E-state index in [2.05, 4.69) is 0 Å². The first-order chi connectivity index (χ1) is 11.4. The summed E-state index contributed by atoms with van der Waals surface area (Å²) < 4.78 is 42.9. The van der Waals surface area contributed by atoms with Crippen LogP contribution in [-0.2, 0) is 21.3 Å². The second-order valence-electron chi connectivity index (χ2n) is 5.55. The molecule has 0 unspecified atom stereocenters. The maximum Gasteiger partial charge on any atom is 0.243 e. The van der Waals surface area contributed by atoms with Crippen molar-refractivity contribution in [2.45, 2.75) is 25.3 Å². The molecule has 0 N–H and O–H groups in total. The minimum absolute atomic E-state index is 0.228. The van der Waals surface area contributed by atoms with E-state index < -0.39 is 10.0 Å². The van der Waals surface area contributed by atoms with Crippen LogP contribution in [0.25, 0.3) is 0 Å². The average Bonchev–Trinajstić information content (AvgIpc) is 3.04. The smallest absolute Gasteiger partial charge is 0.243 e. The molecule has 0 saturated heterocycles. The van der Waals surface area contributed by atoms with E-state index in [1.54, 1.807) is 38.7 Å². The Hall–Kier alpha value is -1.83. The molecular formula is C17H23NO5S. The highest BCUT2D eigenvalue weighted by Gasteiger charge is 2.26. The second-order valence-corrected chi connectivity index (χ2v) is 7.49. The maximum absolute atomic E-state index is 13.1. The fourth-order valence-electron chi connectivity index (χ4n) is 2.59. The van der Waals surface area contributed by atoms with Gasteiger partial charge in [0.15, 0.2) is 0 Å². The third-order valence-electron chi connectivity index (χ3n) is 3.76. The first kappa shape index (κ1) is 18.5. The molecule has 2 rings (SSSR count). The fourth-order valence-corrected chi connectivity index (χ4v) is 4.18. The van der Waals surface area contributed by atoms with Gasteiger partial charge in [0.25, 0.3) is 0 Å². The van der Waals surface area contributed by atoms with Gasteiger partial charge in [0.05, 0.1) is 31.1 Å². The number of methoxy groups -OCH3 is 2. The van der Waals surface area contributed by atoms with Gasteiger partial charge < -0.3 is 13.9 Å². The molecule has 0 saturated carbocycles. The summed E-state index contributed by atoms with van der Waals surface area (Å²) in [5.74, 6) is 0.701. The highest BCUT2D eigenvalue weighted by molar-refractivity contribution is 7.89. The van der Waals surface area contributed by atoms with Crippen molar-refractivity contribution < 1.29 is 22.3 Å². The molecule has 1 aromatic heterocycles. The van der Waals surface area contributed by atoms with E-state index in [-0.39, 0.29) is 18.0 Å². The number of rotatable bonds is 8. The van der Waals surface area contributed by atoms with Crippen LogP contribution in [0.5, 0.6) is 5.75 Å². The first-order valence-electron chi connectivity index (χ1n) is 7.55. The van der Waals surface area contributed by atoms with Crippen LogP contribution < -0.4 is 4.74 Å². The fraction of sp³-hybridized carbons (Fsp3) is 0.412. The van der Waals surface area contributed by atoms with Crippen LogP contribution >= 0.6 is 0 Å². The monoisotopic (exact) mass is 353 g/mol. The number of ether oxygens (including phenoxy) is 2. The number of hydrogen-bond acceptors (Lipinski definition) is 5. The standard InChI is InChI=1S/C17H23NO5S/c1-13-9-16(10-14(2)17(13)22-4)24(19,20)18(6-8-21-3)11-15-5-7-23-12-15/h5,7,9-10,12H,6,8,11H2,1-4H3. The molecule has 6 nitrogen and oxygen atoms in total. The van der Waals surface area contributed by atoms with Gasteiger partial charge >= 0.3 is 0 Å². The Bertz CT molecular complexity index is 745. The third-order valence-corrected chi connectivity index (χ3v) is 5.58. The Labute approximate surface area is 143 Å². The average molecular weight is 353 g/mol. The Morgan fingerprint density at radius 1 is 1.17 bits per heavy atom. The van der Waals surface area contributed by atoms with Crippen LogP contribution in [0.3, 0.4) is 0 Å². The lowest BCUT2D eigenvalue weighted by atomic mass is 10.1. The van der Waals surface area contributed by atoms with Gasteiger partial charge in [0.2, 0.25) is 10.0 Å². The van der Waals surface area contributed by atoms with Gasteiger partial charge in [-0.15, -0.1) is 0 Å². The van der Waals surface area contributed by atoms with Crippen molar-refractivity contribution >= 4 is 10.0 Å². The number of sulfonamides is 1. The molecule has 7 heteroatoms. The Kier molecular flexibility index (Phi) is 6.04. The number of hydrogen-bond donors (Lipinski definition) is 0. The lowest BCUT2D eigenvalue weighted by molar-refractivity contribution is 0.177. The van der Waals surface area contributed by atoms with E-state index >= 15 is 0 Å². The van der Waals surface area contributed by atoms with E-state index in [0.717, 1.165) is 16.7 Å². The van der Waals surface area contributed by atoms with Crippen molar-refractivity contribution in [1.82, 2.24) is 4.31 Å². The summed E-state index contributed by atoms with van der Waals surface area (Å²) >= 11 is 0. The van der Waals surface area contributed by atoms with Gasteiger partial charge in [-0.25, -0.2) is 8.42 Å². The number of furan rings is 1. The molecule has 1 aromatic carbocycles. The lowest BCUT2D eigenvalue weighted by Crippen LogP contribution is -2.33. The van der Waals surface area contributed by atoms with E-state index in [9.17, 15) is 8.42 Å². The molecule has 0 radical (unpaired) electrons. The predicted octanol–water partition coefficient (Wildman–Crippen LogP) is 2.74. The van der Waals surface area contributed by atoms with Crippen molar-refractivity contribution in [3.05, 3.63) is 47.4 Å². The highest BCUT2D eigenvalue weighted by atomic mass is 32.2. The van der Waals surface area contributed by atoms with Crippen molar-refractivity contribution in [1.29, 1.82) is 0 Å². The molecule has 0 aliphatic heterocycles. The highest BCUT2D eigenvalue weighted by Crippen LogP contribution is 2.28. The van der Waals surface area contributed by atoms with E-state index in [4.69, 9.17) is 13.9 Å². The Morgan fingerprint density at radius 2 is 1.83 bits per heavy atom.